The average molecular weight is 881 g/mol. The predicted octanol–water partition coefficient (Wildman–Crippen LogP) is 8.21. The van der Waals surface area contributed by atoms with Crippen LogP contribution in [0.15, 0.2) is 224 Å². The van der Waals surface area contributed by atoms with Gasteiger partial charge in [0.1, 0.15) is 34.2 Å². The van der Waals surface area contributed by atoms with E-state index < -0.39 is 15.4 Å². The van der Waals surface area contributed by atoms with Gasteiger partial charge in [-0.25, -0.2) is 0 Å². The first-order valence-corrected chi connectivity index (χ1v) is 25.1. The van der Waals surface area contributed by atoms with E-state index in [1.54, 1.807) is 12.1 Å². The molecule has 0 atom stereocenters. The topological polar surface area (TPSA) is 75.6 Å². The first kappa shape index (κ1) is 40.0. The minimum atomic E-state index is -6.20. The Morgan fingerprint density at radius 2 is 0.500 bits per heavy atom. The van der Waals surface area contributed by atoms with Crippen molar-refractivity contribution in [3.05, 3.63) is 224 Å². The van der Waals surface area contributed by atoms with Gasteiger partial charge in [-0.2, -0.15) is 0 Å². The third-order valence-corrected chi connectivity index (χ3v) is 20.1. The zero-order valence-corrected chi connectivity index (χ0v) is 38.6. The molecule has 3 heterocycles. The molecule has 3 aliphatic rings. The minimum absolute atomic E-state index is 0. The molecule has 0 bridgehead atoms. The van der Waals surface area contributed by atoms with Gasteiger partial charge in [-0.05, 0) is 60.7 Å². The Morgan fingerprint density at radius 1 is 0.281 bits per heavy atom. The van der Waals surface area contributed by atoms with Crippen molar-refractivity contribution in [2.45, 2.75) is 0 Å². The molecule has 0 fully saturated rings. The van der Waals surface area contributed by atoms with Crippen LogP contribution >= 0.6 is 7.26 Å². The Labute approximate surface area is 392 Å². The quantitative estimate of drug-likeness (QED) is 0.141. The number of benzene rings is 10. The molecule has 0 radical (unpaired) electrons. The van der Waals surface area contributed by atoms with Gasteiger partial charge in [0.25, 0.3) is 0 Å². The Kier molecular flexibility index (Phi) is 9.16. The first-order valence-electron chi connectivity index (χ1n) is 20.8. The van der Waals surface area contributed by atoms with Gasteiger partial charge in [0.15, 0.2) is 0 Å². The molecule has 1 N–H and O–H groups in total. The van der Waals surface area contributed by atoms with Crippen LogP contribution in [0.3, 0.4) is 0 Å². The molecule has 0 saturated heterocycles. The number of fused-ring (bicyclic) bond motifs is 6. The Bertz CT molecular complexity index is 2950. The molecule has 13 rings (SSSR count). The zero-order chi connectivity index (χ0) is 42.1. The molecule has 0 saturated carbocycles. The van der Waals surface area contributed by atoms with E-state index in [9.17, 15) is 5.11 Å². The van der Waals surface area contributed by atoms with Crippen LogP contribution in [-0.4, -0.2) is 13.2 Å². The monoisotopic (exact) mass is 880 g/mol. The van der Waals surface area contributed by atoms with Crippen LogP contribution < -0.4 is 77.3 Å². The van der Waals surface area contributed by atoms with Gasteiger partial charge in [0.05, 0.1) is 0 Å². The van der Waals surface area contributed by atoms with Crippen molar-refractivity contribution in [2.24, 2.45) is 0 Å². The van der Waals surface area contributed by atoms with E-state index in [0.29, 0.717) is 40.2 Å². The van der Waals surface area contributed by atoms with Crippen molar-refractivity contribution in [3.63, 3.8) is 0 Å². The van der Waals surface area contributed by atoms with Gasteiger partial charge in [0.2, 0.25) is 0 Å². The van der Waals surface area contributed by atoms with E-state index in [4.69, 9.17) is 26.6 Å². The maximum absolute atomic E-state index is 9.85. The fourth-order valence-electron chi connectivity index (χ4n) is 9.26. The van der Waals surface area contributed by atoms with Gasteiger partial charge in [0, 0.05) is 0 Å². The third-order valence-electron chi connectivity index (χ3n) is 12.0. The third kappa shape index (κ3) is 6.17. The van der Waals surface area contributed by atoms with Crippen molar-refractivity contribution in [3.8, 4) is 40.2 Å². The summed E-state index contributed by atoms with van der Waals surface area (Å²) in [6.07, 6.45) is 0. The molecule has 0 aliphatic carbocycles. The second kappa shape index (κ2) is 14.6. The maximum atomic E-state index is 9.85. The average Bonchev–Trinajstić information content (AvgIpc) is 3.88. The summed E-state index contributed by atoms with van der Waals surface area (Å²) in [6.45, 7) is 0. The molecule has 306 valence electrons. The van der Waals surface area contributed by atoms with Crippen LogP contribution in [0.4, 0.5) is 0 Å². The summed E-state index contributed by atoms with van der Waals surface area (Å²) in [5, 5.41) is 20.9. The number of rotatable bonds is 4. The Hall–Kier alpha value is -6.77. The molecule has 7 nitrogen and oxygen atoms in total. The van der Waals surface area contributed by atoms with E-state index >= 15 is 0 Å². The van der Waals surface area contributed by atoms with Gasteiger partial charge < -0.3 is 5.11 Å². The normalized spacial score (nSPS) is 16.2. The molecular formula is C54H38NaO7PSi. The molecule has 0 unspecified atom stereocenters. The van der Waals surface area contributed by atoms with Gasteiger partial charge in [-0.3, -0.25) is 0 Å². The first-order chi connectivity index (χ1) is 30.8. The van der Waals surface area contributed by atoms with Crippen molar-refractivity contribution < 1.29 is 61.2 Å². The van der Waals surface area contributed by atoms with E-state index in [1.165, 1.54) is 21.2 Å². The van der Waals surface area contributed by atoms with Gasteiger partial charge in [-0.15, -0.1) is 0 Å². The number of hydrogen-bond donors (Lipinski definition) is 1. The summed E-state index contributed by atoms with van der Waals surface area (Å²) < 4.78 is 40.0. The molecular weight excluding hydrogens is 843 g/mol. The summed E-state index contributed by atoms with van der Waals surface area (Å²) in [6, 6.07) is 75.1. The fourth-order valence-corrected chi connectivity index (χ4v) is 17.8. The summed E-state index contributed by atoms with van der Waals surface area (Å²) in [4.78, 5) is 0. The van der Waals surface area contributed by atoms with Gasteiger partial charge >= 0.3 is 240 Å². The molecule has 3 aliphatic heterocycles. The molecule has 10 aromatic carbocycles. The SMILES string of the molecule is Oc1ccc([P+](c2ccccc2)(c2ccccc2)c2ccccc2)cc1.[Na+].c1ccc2cc3c(cc2c1)O[Si-2]12(O3)(Oc3cc4ccccc4cc3O1)Oc1cc3ccccc3cc1O2. The van der Waals surface area contributed by atoms with Crippen LogP contribution in [0.5, 0.6) is 40.2 Å². The van der Waals surface area contributed by atoms with E-state index in [-0.39, 0.29) is 29.6 Å². The van der Waals surface area contributed by atoms with Crippen LogP contribution in [0.25, 0.3) is 32.3 Å². The number of phenols is 1. The molecule has 64 heavy (non-hydrogen) atoms. The second-order valence-corrected chi connectivity index (χ2v) is 23.1. The summed E-state index contributed by atoms with van der Waals surface area (Å²) in [5.74, 6) is 2.86. The van der Waals surface area contributed by atoms with Gasteiger partial charge in [-0.1, -0.05) is 54.6 Å². The van der Waals surface area contributed by atoms with Crippen LogP contribution in [0, 0.1) is 0 Å². The number of aromatic hydroxyl groups is 1. The molecule has 0 amide bonds. The Morgan fingerprint density at radius 3 is 0.750 bits per heavy atom. The molecule has 1 spiro atoms. The van der Waals surface area contributed by atoms with Crippen molar-refractivity contribution in [2.75, 3.05) is 0 Å². The molecule has 0 aromatic heterocycles. The number of phenolic OH excluding ortho intramolecular Hbond substituents is 1. The van der Waals surface area contributed by atoms with Crippen LogP contribution in [-0.2, 0) is 0 Å². The Balaban J connectivity index is 0.000000150. The summed E-state index contributed by atoms with van der Waals surface area (Å²) in [7, 11) is -8.24. The van der Waals surface area contributed by atoms with E-state index in [2.05, 4.69) is 103 Å². The molecule has 10 heteroatoms. The summed E-state index contributed by atoms with van der Waals surface area (Å²) in [5.41, 5.74) is 0. The predicted molar refractivity (Wildman–Crippen MR) is 254 cm³/mol. The fraction of sp³-hybridized carbons (Fsp3) is 0. The second-order valence-electron chi connectivity index (χ2n) is 16.0. The van der Waals surface area contributed by atoms with Crippen molar-refractivity contribution in [1.82, 2.24) is 0 Å². The van der Waals surface area contributed by atoms with E-state index in [1.807, 2.05) is 109 Å². The van der Waals surface area contributed by atoms with Crippen molar-refractivity contribution >= 4 is 68.9 Å². The zero-order valence-electron chi connectivity index (χ0n) is 34.7. The van der Waals surface area contributed by atoms with E-state index in [0.717, 1.165) is 32.3 Å². The molecule has 10 aromatic rings. The standard InChI is InChI=1S/C30H18O6Si.C24H19OP.Na/c1-2-8-20-14-26-25(13-19(20)7-1)31-37(32-26,33-27-15-21-9-3-4-10-22(21)16-28(27)34-37)35-29-17-23-11-5-6-12-24(23)18-30(29)36-37;25-20-16-18-24(19-17-20)26(21-10-4-1-5-11-21,22-12-6-2-7-13-22)23-14-8-3-9-15-23;/h1-18H;1-19H;/q-2;;+1/p+1. The van der Waals surface area contributed by atoms with Crippen LogP contribution in [0.1, 0.15) is 0 Å². The number of hydrogen-bond acceptors (Lipinski definition) is 7. The summed E-state index contributed by atoms with van der Waals surface area (Å²) >= 11 is 0. The van der Waals surface area contributed by atoms with Crippen molar-refractivity contribution in [1.29, 1.82) is 0 Å². The van der Waals surface area contributed by atoms with Crippen LogP contribution in [0.2, 0.25) is 0 Å².